The van der Waals surface area contributed by atoms with Crippen LogP contribution in [0.2, 0.25) is 0 Å². The van der Waals surface area contributed by atoms with Crippen LogP contribution in [-0.2, 0) is 11.8 Å². The normalized spacial score (nSPS) is 15.3. The van der Waals surface area contributed by atoms with Gasteiger partial charge in [0.15, 0.2) is 0 Å². The van der Waals surface area contributed by atoms with Gasteiger partial charge < -0.3 is 10.2 Å². The van der Waals surface area contributed by atoms with Crippen LogP contribution in [0.1, 0.15) is 30.1 Å². The molecule has 7 heteroatoms. The molecule has 1 fully saturated rings. The number of anilines is 1. The smallest absolute Gasteiger partial charge is 0.320 e. The number of likely N-dealkylation sites (tertiary alicyclic amines) is 1. The highest BCUT2D eigenvalue weighted by atomic mass is 16.2. The van der Waals surface area contributed by atoms with Gasteiger partial charge in [0.2, 0.25) is 5.91 Å². The molecule has 2 N–H and O–H groups in total. The first-order valence-corrected chi connectivity index (χ1v) is 8.44. The summed E-state index contributed by atoms with van der Waals surface area (Å²) in [5, 5.41) is 10.0. The SMILES string of the molecule is Cc1cc(NC(=O)N[C@@H](CN2CCCC2=O)c2ccccc2)n(C)n1. The van der Waals surface area contributed by atoms with Gasteiger partial charge in [0.05, 0.1) is 11.7 Å². The first kappa shape index (κ1) is 17.0. The van der Waals surface area contributed by atoms with Crippen LogP contribution in [0.5, 0.6) is 0 Å². The van der Waals surface area contributed by atoms with Gasteiger partial charge in [-0.2, -0.15) is 5.10 Å². The third-order valence-corrected chi connectivity index (χ3v) is 4.33. The molecule has 7 nitrogen and oxygen atoms in total. The Morgan fingerprint density at radius 3 is 2.68 bits per heavy atom. The van der Waals surface area contributed by atoms with Crippen molar-refractivity contribution in [2.24, 2.45) is 7.05 Å². The van der Waals surface area contributed by atoms with Crippen LogP contribution in [0.15, 0.2) is 36.4 Å². The monoisotopic (exact) mass is 341 g/mol. The average molecular weight is 341 g/mol. The molecule has 0 saturated carbocycles. The predicted octanol–water partition coefficient (Wildman–Crippen LogP) is 2.21. The Balaban J connectivity index is 1.71. The van der Waals surface area contributed by atoms with Crippen LogP contribution in [0.25, 0.3) is 0 Å². The highest BCUT2D eigenvalue weighted by Gasteiger charge is 2.25. The lowest BCUT2D eigenvalue weighted by atomic mass is 10.1. The van der Waals surface area contributed by atoms with Crippen molar-refractivity contribution in [3.05, 3.63) is 47.7 Å². The molecule has 3 amide bonds. The van der Waals surface area contributed by atoms with Gasteiger partial charge in [0.1, 0.15) is 5.82 Å². The minimum atomic E-state index is -0.316. The lowest BCUT2D eigenvalue weighted by Gasteiger charge is -2.25. The molecular weight excluding hydrogens is 318 g/mol. The molecule has 0 unspecified atom stereocenters. The number of aryl methyl sites for hydroxylation is 2. The molecule has 1 aliphatic heterocycles. The molecule has 0 bridgehead atoms. The summed E-state index contributed by atoms with van der Waals surface area (Å²) in [7, 11) is 1.78. The number of rotatable bonds is 5. The van der Waals surface area contributed by atoms with Gasteiger partial charge >= 0.3 is 6.03 Å². The largest absolute Gasteiger partial charge is 0.340 e. The van der Waals surface area contributed by atoms with E-state index in [9.17, 15) is 9.59 Å². The van der Waals surface area contributed by atoms with Crippen molar-refractivity contribution in [1.29, 1.82) is 0 Å². The van der Waals surface area contributed by atoms with Crippen molar-refractivity contribution in [1.82, 2.24) is 20.0 Å². The van der Waals surface area contributed by atoms with Crippen LogP contribution in [0.3, 0.4) is 0 Å². The van der Waals surface area contributed by atoms with Crippen LogP contribution < -0.4 is 10.6 Å². The average Bonchev–Trinajstić information content (AvgIpc) is 3.13. The molecule has 1 aromatic carbocycles. The number of hydrogen-bond donors (Lipinski definition) is 2. The van der Waals surface area contributed by atoms with E-state index in [1.165, 1.54) is 0 Å². The Morgan fingerprint density at radius 2 is 2.08 bits per heavy atom. The van der Waals surface area contributed by atoms with E-state index in [2.05, 4.69) is 15.7 Å². The van der Waals surface area contributed by atoms with Gasteiger partial charge in [-0.15, -0.1) is 0 Å². The van der Waals surface area contributed by atoms with Crippen molar-refractivity contribution in [3.63, 3.8) is 0 Å². The molecule has 1 aliphatic rings. The number of carbonyl (C=O) groups excluding carboxylic acids is 2. The summed E-state index contributed by atoms with van der Waals surface area (Å²) >= 11 is 0. The standard InChI is InChI=1S/C18H23N5O2/c1-13-11-16(22(2)21-13)20-18(25)19-15(14-7-4-3-5-8-14)12-23-10-6-9-17(23)24/h3-5,7-8,11,15H,6,9-10,12H2,1-2H3,(H2,19,20,25)/t15-/m0/s1. The maximum atomic E-state index is 12.4. The number of urea groups is 1. The molecule has 25 heavy (non-hydrogen) atoms. The van der Waals surface area contributed by atoms with E-state index in [0.717, 1.165) is 24.2 Å². The van der Waals surface area contributed by atoms with Gasteiger partial charge in [-0.05, 0) is 18.9 Å². The van der Waals surface area contributed by atoms with Gasteiger partial charge in [-0.3, -0.25) is 14.8 Å². The van der Waals surface area contributed by atoms with Crippen molar-refractivity contribution in [2.45, 2.75) is 25.8 Å². The summed E-state index contributed by atoms with van der Waals surface area (Å²) in [5.74, 6) is 0.768. The van der Waals surface area contributed by atoms with Crippen molar-refractivity contribution >= 4 is 17.8 Å². The summed E-state index contributed by atoms with van der Waals surface area (Å²) < 4.78 is 1.62. The predicted molar refractivity (Wildman–Crippen MR) is 95.1 cm³/mol. The Labute approximate surface area is 147 Å². The van der Waals surface area contributed by atoms with Gasteiger partial charge in [-0.1, -0.05) is 30.3 Å². The molecule has 3 rings (SSSR count). The van der Waals surface area contributed by atoms with Crippen molar-refractivity contribution in [3.8, 4) is 0 Å². The highest BCUT2D eigenvalue weighted by Crippen LogP contribution is 2.19. The second-order valence-electron chi connectivity index (χ2n) is 6.30. The maximum Gasteiger partial charge on any atom is 0.320 e. The molecule has 0 aliphatic carbocycles. The van der Waals surface area contributed by atoms with E-state index in [0.29, 0.717) is 18.8 Å². The number of benzene rings is 1. The maximum absolute atomic E-state index is 12.4. The Bertz CT molecular complexity index is 756. The van der Waals surface area contributed by atoms with E-state index in [1.54, 1.807) is 17.8 Å². The molecule has 2 aromatic rings. The summed E-state index contributed by atoms with van der Waals surface area (Å²) in [6, 6.07) is 10.9. The topological polar surface area (TPSA) is 79.3 Å². The van der Waals surface area contributed by atoms with Gasteiger partial charge in [0, 0.05) is 32.6 Å². The van der Waals surface area contributed by atoms with Crippen molar-refractivity contribution < 1.29 is 9.59 Å². The number of hydrogen-bond acceptors (Lipinski definition) is 3. The van der Waals surface area contributed by atoms with E-state index >= 15 is 0 Å². The summed E-state index contributed by atoms with van der Waals surface area (Å²) in [6.45, 7) is 3.09. The number of carbonyl (C=O) groups is 2. The third kappa shape index (κ3) is 4.17. The third-order valence-electron chi connectivity index (χ3n) is 4.33. The summed E-state index contributed by atoms with van der Waals surface area (Å²) in [6.07, 6.45) is 1.46. The minimum absolute atomic E-state index is 0.144. The molecule has 132 valence electrons. The fourth-order valence-corrected chi connectivity index (χ4v) is 3.08. The fraction of sp³-hybridized carbons (Fsp3) is 0.389. The quantitative estimate of drug-likeness (QED) is 0.875. The zero-order chi connectivity index (χ0) is 17.8. The molecular formula is C18H23N5O2. The Hall–Kier alpha value is -2.83. The van der Waals surface area contributed by atoms with Gasteiger partial charge in [0.25, 0.3) is 0 Å². The number of aromatic nitrogens is 2. The van der Waals surface area contributed by atoms with Gasteiger partial charge in [-0.25, -0.2) is 4.79 Å². The highest BCUT2D eigenvalue weighted by molar-refractivity contribution is 5.88. The van der Waals surface area contributed by atoms with Crippen molar-refractivity contribution in [2.75, 3.05) is 18.4 Å². The number of nitrogens with one attached hydrogen (secondary N) is 2. The molecule has 0 radical (unpaired) electrons. The molecule has 1 saturated heterocycles. The van der Waals surface area contributed by atoms with E-state index in [4.69, 9.17) is 0 Å². The molecule has 0 spiro atoms. The first-order valence-electron chi connectivity index (χ1n) is 8.44. The number of amides is 3. The van der Waals surface area contributed by atoms with E-state index < -0.39 is 0 Å². The van der Waals surface area contributed by atoms with E-state index in [1.807, 2.05) is 42.2 Å². The Kier molecular flexibility index (Phi) is 5.02. The summed E-state index contributed by atoms with van der Waals surface area (Å²) in [4.78, 5) is 26.2. The second kappa shape index (κ2) is 7.38. The van der Waals surface area contributed by atoms with Crippen LogP contribution >= 0.6 is 0 Å². The first-order chi connectivity index (χ1) is 12.0. The van der Waals surface area contributed by atoms with Crippen LogP contribution in [-0.4, -0.2) is 39.7 Å². The molecule has 1 atom stereocenters. The molecule has 1 aromatic heterocycles. The zero-order valence-electron chi connectivity index (χ0n) is 14.5. The lowest BCUT2D eigenvalue weighted by molar-refractivity contribution is -0.128. The van der Waals surface area contributed by atoms with Crippen LogP contribution in [0, 0.1) is 6.92 Å². The second-order valence-corrected chi connectivity index (χ2v) is 6.30. The number of nitrogens with zero attached hydrogens (tertiary/aromatic N) is 3. The van der Waals surface area contributed by atoms with Crippen LogP contribution in [0.4, 0.5) is 10.6 Å². The molecule has 2 heterocycles. The fourth-order valence-electron chi connectivity index (χ4n) is 3.08. The zero-order valence-corrected chi connectivity index (χ0v) is 14.5. The minimum Gasteiger partial charge on any atom is -0.340 e. The summed E-state index contributed by atoms with van der Waals surface area (Å²) in [5.41, 5.74) is 1.80. The van der Waals surface area contributed by atoms with E-state index in [-0.39, 0.29) is 18.0 Å². The lowest BCUT2D eigenvalue weighted by Crippen LogP contribution is -2.40. The Morgan fingerprint density at radius 1 is 1.32 bits per heavy atom.